The Hall–Kier alpha value is -5.77. The van der Waals surface area contributed by atoms with Crippen molar-refractivity contribution in [1.29, 1.82) is 0 Å². The van der Waals surface area contributed by atoms with Crippen molar-refractivity contribution in [2.24, 2.45) is 0 Å². The Morgan fingerprint density at radius 3 is 2.70 bits per heavy atom. The first-order valence-electron chi connectivity index (χ1n) is 13.7. The van der Waals surface area contributed by atoms with E-state index in [-0.39, 0.29) is 36.0 Å². The summed E-state index contributed by atoms with van der Waals surface area (Å²) in [5, 5.41) is 25.7. The molecule has 1 fully saturated rings. The molecule has 1 amide bonds. The monoisotopic (exact) mass is 575 g/mol. The highest BCUT2D eigenvalue weighted by Gasteiger charge is 2.32. The fourth-order valence-electron chi connectivity index (χ4n) is 5.07. The van der Waals surface area contributed by atoms with Gasteiger partial charge in [-0.2, -0.15) is 5.10 Å². The second-order valence-electron chi connectivity index (χ2n) is 10.2. The van der Waals surface area contributed by atoms with Crippen LogP contribution in [0.15, 0.2) is 67.1 Å². The van der Waals surface area contributed by atoms with Gasteiger partial charge in [-0.15, -0.1) is 10.2 Å². The number of benzene rings is 1. The van der Waals surface area contributed by atoms with Crippen molar-refractivity contribution in [2.75, 3.05) is 35.2 Å². The van der Waals surface area contributed by atoms with Crippen LogP contribution in [-0.2, 0) is 0 Å². The molecule has 6 rings (SSSR count). The summed E-state index contributed by atoms with van der Waals surface area (Å²) in [5.74, 6) is 7.10. The van der Waals surface area contributed by atoms with Gasteiger partial charge in [-0.25, -0.2) is 19.5 Å². The van der Waals surface area contributed by atoms with Crippen LogP contribution in [-0.4, -0.2) is 77.5 Å². The molecule has 216 valence electrons. The Bertz CT molecular complexity index is 1830. The topological polar surface area (TPSA) is 164 Å². The van der Waals surface area contributed by atoms with Crippen LogP contribution in [0.3, 0.4) is 0 Å². The lowest BCUT2D eigenvalue weighted by Gasteiger charge is -2.45. The minimum Gasteiger partial charge on any atom is -0.507 e. The maximum Gasteiger partial charge on any atom is 0.272 e. The van der Waals surface area contributed by atoms with Gasteiger partial charge in [-0.1, -0.05) is 18.1 Å². The van der Waals surface area contributed by atoms with Crippen LogP contribution in [0.2, 0.25) is 0 Å². The van der Waals surface area contributed by atoms with Crippen LogP contribution >= 0.6 is 0 Å². The van der Waals surface area contributed by atoms with Gasteiger partial charge in [-0.05, 0) is 50.1 Å². The normalized spacial score (nSPS) is 16.5. The van der Waals surface area contributed by atoms with Gasteiger partial charge >= 0.3 is 0 Å². The fourth-order valence-corrected chi connectivity index (χ4v) is 5.07. The number of aromatic nitrogens is 7. The number of hydrogen-bond acceptors (Lipinski definition) is 11. The number of fused-ring (bicyclic) bond motifs is 1. The highest BCUT2D eigenvalue weighted by molar-refractivity contribution is 5.93. The molecule has 5 aromatic rings. The number of aromatic hydroxyl groups is 1. The molecular formula is C30H29N11O2. The molecule has 13 nitrogen and oxygen atoms in total. The Kier molecular flexibility index (Phi) is 7.40. The molecule has 2 atom stereocenters. The number of nitrogens with two attached hydrogens (primary N) is 1. The van der Waals surface area contributed by atoms with E-state index in [2.05, 4.69) is 71.1 Å². The zero-order valence-corrected chi connectivity index (χ0v) is 23.6. The van der Waals surface area contributed by atoms with E-state index in [1.165, 1.54) is 4.52 Å². The van der Waals surface area contributed by atoms with Crippen molar-refractivity contribution in [1.82, 2.24) is 40.1 Å². The summed E-state index contributed by atoms with van der Waals surface area (Å²) >= 11 is 0. The maximum absolute atomic E-state index is 12.5. The number of carbonyl (C=O) groups is 1. The van der Waals surface area contributed by atoms with E-state index in [1.54, 1.807) is 48.9 Å². The van der Waals surface area contributed by atoms with Gasteiger partial charge in [0, 0.05) is 55.4 Å². The van der Waals surface area contributed by atoms with E-state index in [0.717, 1.165) is 11.5 Å². The minimum absolute atomic E-state index is 0.0643. The average Bonchev–Trinajstić information content (AvgIpc) is 3.46. The lowest BCUT2D eigenvalue weighted by atomic mass is 10.1. The standard InChI is InChI=1S/C30H29N11O2/c1-19-18-40(20(2)17-39(19)24-15-22(36-37-29(24)31)21-7-3-4-8-25(21)42)27-10-13-32-26(35-27)9-5-11-34-30(43)23-16-28-33-12-6-14-41(28)38-23/h3-4,6-8,10,12-16,19-20,42H,11,17-18H2,1-2H3,(H2,31,37)(H,34,43)/t19-,20+/m0/s1. The van der Waals surface area contributed by atoms with Crippen molar-refractivity contribution in [3.8, 4) is 28.8 Å². The second-order valence-corrected chi connectivity index (χ2v) is 10.2. The Morgan fingerprint density at radius 1 is 1.05 bits per heavy atom. The number of nitrogen functional groups attached to an aromatic ring is 1. The number of hydrogen-bond donors (Lipinski definition) is 3. The summed E-state index contributed by atoms with van der Waals surface area (Å²) in [6, 6.07) is 14.3. The lowest BCUT2D eigenvalue weighted by Crippen LogP contribution is -2.57. The number of amides is 1. The van der Waals surface area contributed by atoms with Crippen molar-refractivity contribution in [3.63, 3.8) is 0 Å². The molecule has 5 heterocycles. The highest BCUT2D eigenvalue weighted by Crippen LogP contribution is 2.34. The van der Waals surface area contributed by atoms with Gasteiger partial charge in [0.25, 0.3) is 5.91 Å². The van der Waals surface area contributed by atoms with Crippen molar-refractivity contribution < 1.29 is 9.90 Å². The zero-order valence-electron chi connectivity index (χ0n) is 23.6. The number of para-hydroxylation sites is 1. The number of carbonyl (C=O) groups excluding carboxylic acids is 1. The van der Waals surface area contributed by atoms with Crippen molar-refractivity contribution in [3.05, 3.63) is 78.6 Å². The smallest absolute Gasteiger partial charge is 0.272 e. The van der Waals surface area contributed by atoms with Crippen LogP contribution in [0.5, 0.6) is 5.75 Å². The Balaban J connectivity index is 1.12. The summed E-state index contributed by atoms with van der Waals surface area (Å²) in [6.07, 6.45) is 5.05. The third kappa shape index (κ3) is 5.71. The molecule has 0 radical (unpaired) electrons. The molecule has 4 N–H and O–H groups in total. The highest BCUT2D eigenvalue weighted by atomic mass is 16.3. The number of phenolic OH excluding ortho intramolecular Hbond substituents is 1. The fraction of sp³-hybridized carbons (Fsp3) is 0.233. The van der Waals surface area contributed by atoms with E-state index in [4.69, 9.17) is 5.73 Å². The van der Waals surface area contributed by atoms with Gasteiger partial charge in [0.15, 0.2) is 17.2 Å². The molecule has 0 bridgehead atoms. The van der Waals surface area contributed by atoms with Crippen molar-refractivity contribution >= 4 is 28.9 Å². The molecule has 1 aliphatic heterocycles. The summed E-state index contributed by atoms with van der Waals surface area (Å²) < 4.78 is 1.54. The lowest BCUT2D eigenvalue weighted by molar-refractivity contribution is 0.0953. The van der Waals surface area contributed by atoms with E-state index < -0.39 is 0 Å². The summed E-state index contributed by atoms with van der Waals surface area (Å²) in [4.78, 5) is 30.0. The van der Waals surface area contributed by atoms with Gasteiger partial charge < -0.3 is 26.0 Å². The molecule has 1 saturated heterocycles. The quantitative estimate of drug-likeness (QED) is 0.263. The molecule has 1 aliphatic rings. The number of rotatable bonds is 5. The first-order valence-corrected chi connectivity index (χ1v) is 13.7. The molecule has 0 spiro atoms. The van der Waals surface area contributed by atoms with Gasteiger partial charge in [-0.3, -0.25) is 4.79 Å². The Morgan fingerprint density at radius 2 is 1.86 bits per heavy atom. The van der Waals surface area contributed by atoms with Crippen LogP contribution < -0.4 is 20.9 Å². The molecular weight excluding hydrogens is 546 g/mol. The first kappa shape index (κ1) is 27.4. The molecule has 0 aliphatic carbocycles. The molecule has 0 saturated carbocycles. The third-order valence-corrected chi connectivity index (χ3v) is 7.22. The second kappa shape index (κ2) is 11.6. The number of nitrogens with one attached hydrogen (secondary N) is 1. The maximum atomic E-state index is 12.5. The zero-order chi connectivity index (χ0) is 29.9. The average molecular weight is 576 g/mol. The van der Waals surface area contributed by atoms with E-state index in [1.807, 2.05) is 18.2 Å². The number of piperazine rings is 1. The summed E-state index contributed by atoms with van der Waals surface area (Å²) in [6.45, 7) is 5.67. The predicted molar refractivity (Wildman–Crippen MR) is 161 cm³/mol. The first-order chi connectivity index (χ1) is 20.9. The predicted octanol–water partition coefficient (Wildman–Crippen LogP) is 2.15. The molecule has 0 unspecified atom stereocenters. The molecule has 43 heavy (non-hydrogen) atoms. The van der Waals surface area contributed by atoms with Crippen LogP contribution in [0.25, 0.3) is 16.9 Å². The third-order valence-electron chi connectivity index (χ3n) is 7.22. The van der Waals surface area contributed by atoms with E-state index in [0.29, 0.717) is 41.6 Å². The number of phenols is 1. The Labute approximate surface area is 247 Å². The SMILES string of the molecule is C[C@@H]1CN(c2cc(-c3ccccc3O)nnc2N)[C@@H](C)CN1c1ccnc(C#CCNC(=O)c2cc3ncccn3n2)n1. The number of anilines is 3. The van der Waals surface area contributed by atoms with Crippen LogP contribution in [0, 0.1) is 11.8 Å². The summed E-state index contributed by atoms with van der Waals surface area (Å²) in [7, 11) is 0. The minimum atomic E-state index is -0.340. The van der Waals surface area contributed by atoms with Crippen molar-refractivity contribution in [2.45, 2.75) is 25.9 Å². The molecule has 13 heteroatoms. The summed E-state index contributed by atoms with van der Waals surface area (Å²) in [5.41, 5.74) is 9.04. The van der Waals surface area contributed by atoms with Gasteiger partial charge in [0.2, 0.25) is 5.82 Å². The van der Waals surface area contributed by atoms with Gasteiger partial charge in [0.1, 0.15) is 11.6 Å². The van der Waals surface area contributed by atoms with Gasteiger partial charge in [0.05, 0.1) is 17.9 Å². The van der Waals surface area contributed by atoms with E-state index in [9.17, 15) is 9.90 Å². The van der Waals surface area contributed by atoms with Crippen LogP contribution in [0.1, 0.15) is 30.2 Å². The largest absolute Gasteiger partial charge is 0.507 e. The molecule has 1 aromatic carbocycles. The number of nitrogens with zero attached hydrogens (tertiary/aromatic N) is 9. The van der Waals surface area contributed by atoms with Crippen LogP contribution in [0.4, 0.5) is 17.3 Å². The van der Waals surface area contributed by atoms with E-state index >= 15 is 0 Å². The molecule has 4 aromatic heterocycles.